The Labute approximate surface area is 205 Å². The Balaban J connectivity index is 1.22. The summed E-state index contributed by atoms with van der Waals surface area (Å²) in [5.74, 6) is 0.581. The summed E-state index contributed by atoms with van der Waals surface area (Å²) in [5, 5.41) is 17.0. The molecule has 0 radical (unpaired) electrons. The minimum Gasteiger partial charge on any atom is -0.513 e. The van der Waals surface area contributed by atoms with Crippen LogP contribution in [0.1, 0.15) is 46.4 Å². The molecule has 3 fully saturated rings. The number of rotatable bonds is 7. The van der Waals surface area contributed by atoms with Crippen LogP contribution in [-0.4, -0.2) is 79.1 Å². The molecule has 1 spiro atoms. The quantitative estimate of drug-likeness (QED) is 0.180. The molecule has 3 aliphatic heterocycles. The molecule has 35 heavy (non-hydrogen) atoms. The van der Waals surface area contributed by atoms with Gasteiger partial charge in [-0.2, -0.15) is 0 Å². The SMILES string of the molecule is N=C(C=CC(N)=CO)N1CCC(CN2CCC3(CC2)CN(c2cc(C=O)c(C=O)cc2F)C3)CC1. The number of nitrogens with zero attached hydrogens (tertiary/aromatic N) is 3. The van der Waals surface area contributed by atoms with Crippen LogP contribution in [0.15, 0.2) is 36.2 Å². The van der Waals surface area contributed by atoms with Crippen molar-refractivity contribution in [1.29, 1.82) is 5.41 Å². The van der Waals surface area contributed by atoms with Crippen LogP contribution in [0.2, 0.25) is 0 Å². The summed E-state index contributed by atoms with van der Waals surface area (Å²) in [7, 11) is 0. The van der Waals surface area contributed by atoms with Crippen LogP contribution in [0.5, 0.6) is 0 Å². The van der Waals surface area contributed by atoms with Gasteiger partial charge in [0.05, 0.1) is 11.4 Å². The van der Waals surface area contributed by atoms with E-state index >= 15 is 0 Å². The van der Waals surface area contributed by atoms with Gasteiger partial charge in [0.15, 0.2) is 12.6 Å². The van der Waals surface area contributed by atoms with Crippen molar-refractivity contribution in [2.24, 2.45) is 17.1 Å². The Morgan fingerprint density at radius 3 is 2.31 bits per heavy atom. The fourth-order valence-corrected chi connectivity index (χ4v) is 5.54. The van der Waals surface area contributed by atoms with Crippen LogP contribution in [0.4, 0.5) is 10.1 Å². The first-order valence-electron chi connectivity index (χ1n) is 12.2. The number of amidine groups is 1. The fourth-order valence-electron chi connectivity index (χ4n) is 5.54. The van der Waals surface area contributed by atoms with E-state index < -0.39 is 5.82 Å². The van der Waals surface area contributed by atoms with Crippen molar-refractivity contribution in [3.05, 3.63) is 53.2 Å². The zero-order valence-electron chi connectivity index (χ0n) is 20.0. The average Bonchev–Trinajstić information content (AvgIpc) is 2.86. The molecule has 8 nitrogen and oxygen atoms in total. The largest absolute Gasteiger partial charge is 0.513 e. The zero-order valence-corrected chi connectivity index (χ0v) is 20.0. The maximum absolute atomic E-state index is 14.5. The second kappa shape index (κ2) is 10.6. The van der Waals surface area contributed by atoms with Crippen LogP contribution < -0.4 is 10.6 Å². The van der Waals surface area contributed by atoms with E-state index in [4.69, 9.17) is 16.2 Å². The number of hydrogen-bond acceptors (Lipinski definition) is 7. The number of allylic oxidation sites excluding steroid dienone is 1. The van der Waals surface area contributed by atoms with Crippen LogP contribution in [0, 0.1) is 22.6 Å². The molecule has 4 N–H and O–H groups in total. The number of aliphatic hydroxyl groups excluding tert-OH is 1. The molecule has 1 aromatic rings. The monoisotopic (exact) mass is 483 g/mol. The van der Waals surface area contributed by atoms with Gasteiger partial charge < -0.3 is 25.5 Å². The molecule has 0 atom stereocenters. The maximum Gasteiger partial charge on any atom is 0.150 e. The highest BCUT2D eigenvalue weighted by Crippen LogP contribution is 2.43. The highest BCUT2D eigenvalue weighted by Gasteiger charge is 2.45. The molecule has 3 heterocycles. The molecule has 4 rings (SSSR count). The Morgan fingerprint density at radius 2 is 1.71 bits per heavy atom. The van der Waals surface area contributed by atoms with E-state index in [1.807, 2.05) is 9.80 Å². The van der Waals surface area contributed by atoms with E-state index in [0.717, 1.165) is 83.8 Å². The van der Waals surface area contributed by atoms with Crippen molar-refractivity contribution in [3.8, 4) is 0 Å². The molecular weight excluding hydrogens is 449 g/mol. The van der Waals surface area contributed by atoms with Crippen molar-refractivity contribution in [2.75, 3.05) is 50.7 Å². The lowest BCUT2D eigenvalue weighted by Crippen LogP contribution is -2.61. The van der Waals surface area contributed by atoms with E-state index in [-0.39, 0.29) is 22.2 Å². The lowest BCUT2D eigenvalue weighted by molar-refractivity contribution is 0.0608. The van der Waals surface area contributed by atoms with Gasteiger partial charge in [0.25, 0.3) is 0 Å². The summed E-state index contributed by atoms with van der Waals surface area (Å²) in [6, 6.07) is 2.65. The van der Waals surface area contributed by atoms with Gasteiger partial charge in [-0.3, -0.25) is 15.0 Å². The fraction of sp³-hybridized carbons (Fsp3) is 0.500. The Kier molecular flexibility index (Phi) is 7.54. The number of halogens is 1. The second-order valence-electron chi connectivity index (χ2n) is 10.1. The third kappa shape index (κ3) is 5.56. The summed E-state index contributed by atoms with van der Waals surface area (Å²) in [6.45, 7) is 6.39. The second-order valence-corrected chi connectivity index (χ2v) is 10.1. The van der Waals surface area contributed by atoms with Crippen molar-refractivity contribution >= 4 is 24.1 Å². The minimum absolute atomic E-state index is 0.0903. The third-order valence-electron chi connectivity index (χ3n) is 7.77. The minimum atomic E-state index is -0.451. The van der Waals surface area contributed by atoms with Crippen LogP contribution in [-0.2, 0) is 0 Å². The predicted molar refractivity (Wildman–Crippen MR) is 134 cm³/mol. The van der Waals surface area contributed by atoms with Crippen molar-refractivity contribution in [1.82, 2.24) is 9.80 Å². The van der Waals surface area contributed by atoms with Crippen molar-refractivity contribution in [2.45, 2.75) is 25.7 Å². The number of carbonyl (C=O) groups excluding carboxylic acids is 2. The highest BCUT2D eigenvalue weighted by atomic mass is 19.1. The number of piperidine rings is 2. The summed E-state index contributed by atoms with van der Waals surface area (Å²) < 4.78 is 14.5. The maximum atomic E-state index is 14.5. The molecule has 0 unspecified atom stereocenters. The smallest absolute Gasteiger partial charge is 0.150 e. The number of aldehydes is 2. The first-order valence-corrected chi connectivity index (χ1v) is 12.2. The zero-order chi connectivity index (χ0) is 25.0. The lowest BCUT2D eigenvalue weighted by Gasteiger charge is -2.55. The Morgan fingerprint density at radius 1 is 1.09 bits per heavy atom. The molecule has 0 aromatic heterocycles. The van der Waals surface area contributed by atoms with Gasteiger partial charge in [-0.15, -0.1) is 0 Å². The molecule has 188 valence electrons. The van der Waals surface area contributed by atoms with Crippen molar-refractivity contribution < 1.29 is 19.1 Å². The molecule has 9 heteroatoms. The van der Waals surface area contributed by atoms with Crippen LogP contribution in [0.25, 0.3) is 0 Å². The van der Waals surface area contributed by atoms with Gasteiger partial charge in [-0.05, 0) is 69.0 Å². The first kappa shape index (κ1) is 24.9. The number of likely N-dealkylation sites (tertiary alicyclic amines) is 2. The normalized spacial score (nSPS) is 21.3. The predicted octanol–water partition coefficient (Wildman–Crippen LogP) is 2.96. The Hall–Kier alpha value is -3.20. The molecule has 0 aliphatic carbocycles. The molecule has 0 bridgehead atoms. The molecule has 1 aromatic carbocycles. The molecule has 0 amide bonds. The first-order chi connectivity index (χ1) is 16.9. The number of nitrogens with two attached hydrogens (primary N) is 1. The van der Waals surface area contributed by atoms with Gasteiger partial charge in [0, 0.05) is 49.3 Å². The number of carbonyl (C=O) groups is 2. The van der Waals surface area contributed by atoms with Crippen LogP contribution in [0.3, 0.4) is 0 Å². The number of hydrogen-bond donors (Lipinski definition) is 3. The number of nitrogens with one attached hydrogen (secondary N) is 1. The van der Waals surface area contributed by atoms with Crippen molar-refractivity contribution in [3.63, 3.8) is 0 Å². The Bertz CT molecular complexity index is 1020. The van der Waals surface area contributed by atoms with E-state index in [9.17, 15) is 14.0 Å². The van der Waals surface area contributed by atoms with E-state index in [2.05, 4.69) is 4.90 Å². The summed E-state index contributed by atoms with van der Waals surface area (Å²) >= 11 is 0. The molecular formula is C26H34FN5O3. The van der Waals surface area contributed by atoms with Gasteiger partial charge >= 0.3 is 0 Å². The topological polar surface area (TPSA) is 114 Å². The van der Waals surface area contributed by atoms with Gasteiger partial charge in [-0.25, -0.2) is 4.39 Å². The van der Waals surface area contributed by atoms with E-state index in [1.54, 1.807) is 6.08 Å². The van der Waals surface area contributed by atoms with Gasteiger partial charge in [0.1, 0.15) is 17.9 Å². The summed E-state index contributed by atoms with van der Waals surface area (Å²) in [6.07, 6.45) is 9.35. The number of benzene rings is 1. The van der Waals surface area contributed by atoms with E-state index in [0.29, 0.717) is 30.0 Å². The standard InChI is InChI=1S/C26H34FN5O3/c27-23-11-20(14-33)21(15-34)12-24(23)32-17-26(18-32)5-9-30(10-6-26)13-19-3-7-31(8-4-19)25(29)2-1-22(28)16-35/h1-2,11-12,14-16,19,29,35H,3-10,13,17-18,28H2. The molecule has 3 aliphatic rings. The molecule has 0 saturated carbocycles. The number of anilines is 1. The highest BCUT2D eigenvalue weighted by molar-refractivity contribution is 5.92. The van der Waals surface area contributed by atoms with E-state index in [1.165, 1.54) is 12.1 Å². The summed E-state index contributed by atoms with van der Waals surface area (Å²) in [5.41, 5.74) is 6.70. The third-order valence-corrected chi connectivity index (χ3v) is 7.77. The molecule has 3 saturated heterocycles. The number of aliphatic hydroxyl groups is 1. The van der Waals surface area contributed by atoms with Crippen LogP contribution >= 0.6 is 0 Å². The van der Waals surface area contributed by atoms with Gasteiger partial charge in [-0.1, -0.05) is 0 Å². The summed E-state index contributed by atoms with van der Waals surface area (Å²) in [4.78, 5) is 28.9. The average molecular weight is 484 g/mol. The lowest BCUT2D eigenvalue weighted by atomic mass is 9.71. The van der Waals surface area contributed by atoms with Gasteiger partial charge in [0.2, 0.25) is 0 Å².